The quantitative estimate of drug-likeness (QED) is 0.837. The number of nitrogens with zero attached hydrogens (tertiary/aromatic N) is 1. The Morgan fingerprint density at radius 1 is 1.30 bits per heavy atom. The minimum absolute atomic E-state index is 0.0147. The molecule has 0 bridgehead atoms. The number of halogens is 3. The van der Waals surface area contributed by atoms with Crippen molar-refractivity contribution in [2.45, 2.75) is 31.6 Å². The Labute approximate surface area is 152 Å². The first-order valence-electron chi connectivity index (χ1n) is 8.19. The zero-order valence-corrected chi connectivity index (χ0v) is 14.0. The first-order chi connectivity index (χ1) is 12.8. The van der Waals surface area contributed by atoms with Crippen LogP contribution in [0.25, 0.3) is 0 Å². The Bertz CT molecular complexity index is 855. The number of nitrogens with one attached hydrogen (secondary N) is 2. The van der Waals surface area contributed by atoms with E-state index in [-0.39, 0.29) is 30.0 Å². The lowest BCUT2D eigenvalue weighted by atomic mass is 10.2. The highest BCUT2D eigenvalue weighted by Gasteiger charge is 2.31. The van der Waals surface area contributed by atoms with Crippen LogP contribution in [0.15, 0.2) is 42.6 Å². The highest BCUT2D eigenvalue weighted by Crippen LogP contribution is 2.32. The number of aromatic nitrogens is 1. The Balaban J connectivity index is 1.69. The maximum Gasteiger partial charge on any atom is 0.416 e. The minimum atomic E-state index is -4.48. The smallest absolute Gasteiger partial charge is 0.416 e. The molecule has 0 unspecified atom stereocenters. The summed E-state index contributed by atoms with van der Waals surface area (Å²) >= 11 is 0. The standard InChI is InChI=1S/C18H16F3N3O3/c19-18(20,21)12-4-1-5-13(9-12)27-17-11(3-2-8-22-17)10-23-16(26)14-6-7-15(25)24-14/h1-5,8-9,14H,6-7,10H2,(H,23,26)(H,24,25)/t14-/m0/s1. The third-order valence-electron chi connectivity index (χ3n) is 3.99. The molecule has 2 aromatic rings. The van der Waals surface area contributed by atoms with Crippen LogP contribution in [0.3, 0.4) is 0 Å². The molecule has 0 spiro atoms. The molecule has 2 amide bonds. The third-order valence-corrected chi connectivity index (χ3v) is 3.99. The molecular weight excluding hydrogens is 363 g/mol. The number of benzene rings is 1. The van der Waals surface area contributed by atoms with Crippen LogP contribution in [0, 0.1) is 0 Å². The number of carbonyl (C=O) groups is 2. The molecule has 1 aromatic carbocycles. The number of pyridine rings is 1. The maximum atomic E-state index is 12.8. The Hall–Kier alpha value is -3.10. The summed E-state index contributed by atoms with van der Waals surface area (Å²) in [5.41, 5.74) is -0.338. The normalized spacial score (nSPS) is 16.7. The fourth-order valence-corrected chi connectivity index (χ4v) is 2.61. The maximum absolute atomic E-state index is 12.8. The summed E-state index contributed by atoms with van der Waals surface area (Å²) in [5, 5.41) is 5.23. The van der Waals surface area contributed by atoms with Gasteiger partial charge in [0.25, 0.3) is 0 Å². The van der Waals surface area contributed by atoms with Crippen molar-refractivity contribution in [1.29, 1.82) is 0 Å². The Morgan fingerprint density at radius 3 is 2.81 bits per heavy atom. The summed E-state index contributed by atoms with van der Waals surface area (Å²) in [5.74, 6) is -0.438. The van der Waals surface area contributed by atoms with Gasteiger partial charge >= 0.3 is 6.18 Å². The average Bonchev–Trinajstić information content (AvgIpc) is 3.07. The molecule has 0 aliphatic carbocycles. The van der Waals surface area contributed by atoms with E-state index >= 15 is 0 Å². The lowest BCUT2D eigenvalue weighted by Gasteiger charge is -2.14. The molecule has 142 valence electrons. The molecule has 2 heterocycles. The van der Waals surface area contributed by atoms with Gasteiger partial charge in [-0.2, -0.15) is 13.2 Å². The van der Waals surface area contributed by atoms with E-state index in [2.05, 4.69) is 15.6 Å². The molecule has 27 heavy (non-hydrogen) atoms. The molecular formula is C18H16F3N3O3. The minimum Gasteiger partial charge on any atom is -0.439 e. The van der Waals surface area contributed by atoms with E-state index in [1.165, 1.54) is 18.3 Å². The lowest BCUT2D eigenvalue weighted by Crippen LogP contribution is -2.41. The van der Waals surface area contributed by atoms with Crippen LogP contribution < -0.4 is 15.4 Å². The Morgan fingerprint density at radius 2 is 2.11 bits per heavy atom. The SMILES string of the molecule is O=C1CC[C@@H](C(=O)NCc2cccnc2Oc2cccc(C(F)(F)F)c2)N1. The van der Waals surface area contributed by atoms with Gasteiger partial charge < -0.3 is 15.4 Å². The van der Waals surface area contributed by atoms with Gasteiger partial charge in [-0.05, 0) is 30.7 Å². The number of rotatable bonds is 5. The topological polar surface area (TPSA) is 80.3 Å². The van der Waals surface area contributed by atoms with Crippen molar-refractivity contribution in [3.8, 4) is 11.6 Å². The molecule has 1 saturated heterocycles. The Kier molecular flexibility index (Phi) is 5.29. The summed E-state index contributed by atoms with van der Waals surface area (Å²) in [6.45, 7) is 0.0628. The molecule has 0 radical (unpaired) electrons. The van der Waals surface area contributed by atoms with Crippen LogP contribution in [0.2, 0.25) is 0 Å². The second-order valence-electron chi connectivity index (χ2n) is 5.97. The van der Waals surface area contributed by atoms with Crippen LogP contribution in [0.4, 0.5) is 13.2 Å². The van der Waals surface area contributed by atoms with Crippen LogP contribution in [-0.2, 0) is 22.3 Å². The largest absolute Gasteiger partial charge is 0.439 e. The predicted octanol–water partition coefficient (Wildman–Crippen LogP) is 2.79. The fourth-order valence-electron chi connectivity index (χ4n) is 2.61. The molecule has 6 nitrogen and oxygen atoms in total. The number of ether oxygens (including phenoxy) is 1. The van der Waals surface area contributed by atoms with Crippen molar-refractivity contribution < 1.29 is 27.5 Å². The van der Waals surface area contributed by atoms with E-state index in [9.17, 15) is 22.8 Å². The van der Waals surface area contributed by atoms with Crippen LogP contribution in [0.5, 0.6) is 11.6 Å². The van der Waals surface area contributed by atoms with E-state index in [1.807, 2.05) is 0 Å². The highest BCUT2D eigenvalue weighted by atomic mass is 19.4. The van der Waals surface area contributed by atoms with Gasteiger partial charge in [0, 0.05) is 24.7 Å². The summed E-state index contributed by atoms with van der Waals surface area (Å²) in [6, 6.07) is 7.14. The van der Waals surface area contributed by atoms with Crippen LogP contribution in [-0.4, -0.2) is 22.8 Å². The second-order valence-corrected chi connectivity index (χ2v) is 5.97. The van der Waals surface area contributed by atoms with E-state index < -0.39 is 17.8 Å². The van der Waals surface area contributed by atoms with Gasteiger partial charge in [0.05, 0.1) is 5.56 Å². The molecule has 3 rings (SSSR count). The van der Waals surface area contributed by atoms with Gasteiger partial charge in [0.15, 0.2) is 0 Å². The molecule has 1 aliphatic rings. The second kappa shape index (κ2) is 7.65. The van der Waals surface area contributed by atoms with Crippen molar-refractivity contribution in [3.63, 3.8) is 0 Å². The van der Waals surface area contributed by atoms with Gasteiger partial charge in [-0.25, -0.2) is 4.98 Å². The molecule has 1 aliphatic heterocycles. The van der Waals surface area contributed by atoms with Crippen molar-refractivity contribution in [2.24, 2.45) is 0 Å². The molecule has 1 atom stereocenters. The van der Waals surface area contributed by atoms with Crippen molar-refractivity contribution >= 4 is 11.8 Å². The van der Waals surface area contributed by atoms with E-state index in [0.717, 1.165) is 12.1 Å². The molecule has 2 N–H and O–H groups in total. The number of alkyl halides is 3. The summed E-state index contributed by atoms with van der Waals surface area (Å²) in [6.07, 6.45) is -2.32. The number of hydrogen-bond acceptors (Lipinski definition) is 4. The van der Waals surface area contributed by atoms with E-state index in [1.54, 1.807) is 12.1 Å². The third kappa shape index (κ3) is 4.75. The summed E-state index contributed by atoms with van der Waals surface area (Å²) < 4.78 is 44.0. The number of carbonyl (C=O) groups excluding carboxylic acids is 2. The first kappa shape index (κ1) is 18.7. The number of amides is 2. The summed E-state index contributed by atoms with van der Waals surface area (Å²) in [7, 11) is 0. The van der Waals surface area contributed by atoms with Crippen LogP contribution in [0.1, 0.15) is 24.0 Å². The van der Waals surface area contributed by atoms with Gasteiger partial charge in [-0.15, -0.1) is 0 Å². The first-order valence-corrected chi connectivity index (χ1v) is 8.19. The zero-order valence-electron chi connectivity index (χ0n) is 14.0. The van der Waals surface area contributed by atoms with Crippen molar-refractivity contribution in [2.75, 3.05) is 0 Å². The van der Waals surface area contributed by atoms with Gasteiger partial charge in [0.2, 0.25) is 17.7 Å². The molecule has 0 saturated carbocycles. The zero-order chi connectivity index (χ0) is 19.4. The number of hydrogen-bond donors (Lipinski definition) is 2. The van der Waals surface area contributed by atoms with Gasteiger partial charge in [-0.1, -0.05) is 12.1 Å². The average molecular weight is 379 g/mol. The van der Waals surface area contributed by atoms with E-state index in [0.29, 0.717) is 18.4 Å². The fraction of sp³-hybridized carbons (Fsp3) is 0.278. The van der Waals surface area contributed by atoms with Gasteiger partial charge in [-0.3, -0.25) is 9.59 Å². The summed E-state index contributed by atoms with van der Waals surface area (Å²) in [4.78, 5) is 27.3. The molecule has 9 heteroatoms. The highest BCUT2D eigenvalue weighted by molar-refractivity contribution is 5.90. The van der Waals surface area contributed by atoms with Crippen molar-refractivity contribution in [3.05, 3.63) is 53.7 Å². The van der Waals surface area contributed by atoms with E-state index in [4.69, 9.17) is 4.74 Å². The molecule has 1 aromatic heterocycles. The predicted molar refractivity (Wildman–Crippen MR) is 88.8 cm³/mol. The monoisotopic (exact) mass is 379 g/mol. The molecule has 1 fully saturated rings. The lowest BCUT2D eigenvalue weighted by molar-refractivity contribution is -0.137. The van der Waals surface area contributed by atoms with Crippen LogP contribution >= 0.6 is 0 Å². The van der Waals surface area contributed by atoms with Gasteiger partial charge in [0.1, 0.15) is 11.8 Å². The van der Waals surface area contributed by atoms with Crippen molar-refractivity contribution in [1.82, 2.24) is 15.6 Å².